The number of nitrogens with zero attached hydrogens (tertiary/aromatic N) is 3. The molecular weight excluding hydrogens is 240 g/mol. The van der Waals surface area contributed by atoms with Crippen LogP contribution in [-0.2, 0) is 4.79 Å². The van der Waals surface area contributed by atoms with Crippen molar-refractivity contribution >= 4 is 5.91 Å². The quantitative estimate of drug-likeness (QED) is 0.684. The van der Waals surface area contributed by atoms with Crippen molar-refractivity contribution in [2.75, 3.05) is 39.3 Å². The highest BCUT2D eigenvalue weighted by molar-refractivity contribution is 5.78. The van der Waals surface area contributed by atoms with Gasteiger partial charge >= 0.3 is 0 Å². The molecule has 19 heavy (non-hydrogen) atoms. The monoisotopic (exact) mass is 264 g/mol. The Kier molecular flexibility index (Phi) is 7.16. The molecule has 1 aliphatic heterocycles. The number of hydrogen-bond acceptors (Lipinski definition) is 4. The van der Waals surface area contributed by atoms with E-state index in [1.807, 2.05) is 0 Å². The second-order valence-corrected chi connectivity index (χ2v) is 4.84. The highest BCUT2D eigenvalue weighted by atomic mass is 16.2. The molecule has 1 fully saturated rings. The average molecular weight is 264 g/mol. The van der Waals surface area contributed by atoms with Crippen LogP contribution in [0.5, 0.6) is 0 Å². The lowest BCUT2D eigenvalue weighted by Gasteiger charge is -2.36. The van der Waals surface area contributed by atoms with Crippen molar-refractivity contribution in [2.24, 2.45) is 0 Å². The highest BCUT2D eigenvalue weighted by Crippen LogP contribution is 2.10. The second kappa shape index (κ2) is 8.68. The topological polar surface area (TPSA) is 59.4 Å². The van der Waals surface area contributed by atoms with Gasteiger partial charge in [0.2, 0.25) is 5.91 Å². The Morgan fingerprint density at radius 1 is 1.47 bits per heavy atom. The molecule has 1 N–H and O–H groups in total. The highest BCUT2D eigenvalue weighted by Gasteiger charge is 2.23. The SMILES string of the molecule is C=CCNC(=O)CN1CCN(C(C#N)CCC)CC1. The second-order valence-electron chi connectivity index (χ2n) is 4.84. The first-order chi connectivity index (χ1) is 9.21. The van der Waals surface area contributed by atoms with Crippen molar-refractivity contribution in [1.29, 1.82) is 5.26 Å². The zero-order chi connectivity index (χ0) is 14.1. The van der Waals surface area contributed by atoms with Gasteiger partial charge in [-0.05, 0) is 6.42 Å². The van der Waals surface area contributed by atoms with E-state index in [0.29, 0.717) is 13.1 Å². The van der Waals surface area contributed by atoms with Crippen LogP contribution in [0.4, 0.5) is 0 Å². The molecule has 5 heteroatoms. The molecule has 0 aliphatic carbocycles. The number of rotatable bonds is 7. The molecule has 1 saturated heterocycles. The van der Waals surface area contributed by atoms with Crippen LogP contribution >= 0.6 is 0 Å². The van der Waals surface area contributed by atoms with Gasteiger partial charge in [0.25, 0.3) is 0 Å². The first kappa shape index (κ1) is 15.7. The van der Waals surface area contributed by atoms with Crippen LogP contribution in [-0.4, -0.2) is 61.0 Å². The normalized spacial score (nSPS) is 18.5. The summed E-state index contributed by atoms with van der Waals surface area (Å²) < 4.78 is 0. The van der Waals surface area contributed by atoms with Gasteiger partial charge in [0.15, 0.2) is 0 Å². The number of piperazine rings is 1. The lowest BCUT2D eigenvalue weighted by atomic mass is 10.1. The van der Waals surface area contributed by atoms with Gasteiger partial charge < -0.3 is 5.32 Å². The predicted octanol–water partition coefficient (Wildman–Crippen LogP) is 0.598. The zero-order valence-corrected chi connectivity index (χ0v) is 11.8. The van der Waals surface area contributed by atoms with Crippen LogP contribution in [0.1, 0.15) is 19.8 Å². The number of carbonyl (C=O) groups is 1. The average Bonchev–Trinajstić information content (AvgIpc) is 2.43. The minimum Gasteiger partial charge on any atom is -0.352 e. The van der Waals surface area contributed by atoms with E-state index in [9.17, 15) is 4.79 Å². The number of hydrogen-bond donors (Lipinski definition) is 1. The molecule has 106 valence electrons. The Morgan fingerprint density at radius 2 is 2.16 bits per heavy atom. The molecule has 5 nitrogen and oxygen atoms in total. The summed E-state index contributed by atoms with van der Waals surface area (Å²) in [5.41, 5.74) is 0. The summed E-state index contributed by atoms with van der Waals surface area (Å²) in [4.78, 5) is 15.9. The Balaban J connectivity index is 2.30. The molecule has 0 radical (unpaired) electrons. The van der Waals surface area contributed by atoms with E-state index in [-0.39, 0.29) is 11.9 Å². The van der Waals surface area contributed by atoms with Crippen LogP contribution in [0, 0.1) is 11.3 Å². The van der Waals surface area contributed by atoms with Crippen LogP contribution in [0.25, 0.3) is 0 Å². The summed E-state index contributed by atoms with van der Waals surface area (Å²) in [5, 5.41) is 11.9. The van der Waals surface area contributed by atoms with Gasteiger partial charge in [0.1, 0.15) is 0 Å². The molecule has 1 rings (SSSR count). The van der Waals surface area contributed by atoms with Crippen LogP contribution in [0.3, 0.4) is 0 Å². The van der Waals surface area contributed by atoms with Crippen molar-refractivity contribution in [3.8, 4) is 6.07 Å². The van der Waals surface area contributed by atoms with Crippen LogP contribution in [0.15, 0.2) is 12.7 Å². The maximum atomic E-state index is 11.6. The Labute approximate surface area is 115 Å². The molecule has 0 aromatic rings. The van der Waals surface area contributed by atoms with Crippen LogP contribution in [0.2, 0.25) is 0 Å². The van der Waals surface area contributed by atoms with Gasteiger partial charge in [0, 0.05) is 32.7 Å². The molecule has 0 spiro atoms. The minimum atomic E-state index is 0.0294. The molecule has 0 bridgehead atoms. The zero-order valence-electron chi connectivity index (χ0n) is 11.8. The molecule has 1 heterocycles. The third-order valence-electron chi connectivity index (χ3n) is 3.37. The van der Waals surface area contributed by atoms with Crippen molar-refractivity contribution in [2.45, 2.75) is 25.8 Å². The van der Waals surface area contributed by atoms with E-state index in [4.69, 9.17) is 5.26 Å². The van der Waals surface area contributed by atoms with Crippen molar-refractivity contribution in [3.05, 3.63) is 12.7 Å². The first-order valence-electron chi connectivity index (χ1n) is 6.94. The summed E-state index contributed by atoms with van der Waals surface area (Å²) in [5.74, 6) is 0.0405. The summed E-state index contributed by atoms with van der Waals surface area (Å²) in [6, 6.07) is 2.40. The van der Waals surface area contributed by atoms with Crippen molar-refractivity contribution in [1.82, 2.24) is 15.1 Å². The predicted molar refractivity (Wildman–Crippen MR) is 75.5 cm³/mol. The summed E-state index contributed by atoms with van der Waals surface area (Å²) in [7, 11) is 0. The maximum Gasteiger partial charge on any atom is 0.234 e. The molecule has 1 aliphatic rings. The van der Waals surface area contributed by atoms with Gasteiger partial charge in [-0.15, -0.1) is 6.58 Å². The first-order valence-corrected chi connectivity index (χ1v) is 6.94. The summed E-state index contributed by atoms with van der Waals surface area (Å²) in [6.45, 7) is 10.1. The van der Waals surface area contributed by atoms with E-state index < -0.39 is 0 Å². The van der Waals surface area contributed by atoms with E-state index in [1.54, 1.807) is 6.08 Å². The molecule has 1 amide bonds. The largest absolute Gasteiger partial charge is 0.352 e. The van der Waals surface area contributed by atoms with Gasteiger partial charge in [-0.3, -0.25) is 14.6 Å². The van der Waals surface area contributed by atoms with Crippen molar-refractivity contribution < 1.29 is 4.79 Å². The van der Waals surface area contributed by atoms with E-state index in [2.05, 4.69) is 34.7 Å². The number of nitriles is 1. The molecule has 0 saturated carbocycles. The number of amides is 1. The standard InChI is InChI=1S/C14H24N4O/c1-3-5-13(11-15)18-9-7-17(8-10-18)12-14(19)16-6-4-2/h4,13H,2-3,5-10,12H2,1H3,(H,16,19). The van der Waals surface area contributed by atoms with E-state index >= 15 is 0 Å². The Bertz CT molecular complexity index is 329. The van der Waals surface area contributed by atoms with E-state index in [0.717, 1.165) is 39.0 Å². The van der Waals surface area contributed by atoms with Gasteiger partial charge in [-0.2, -0.15) is 5.26 Å². The maximum absolute atomic E-state index is 11.6. The summed E-state index contributed by atoms with van der Waals surface area (Å²) >= 11 is 0. The molecule has 1 unspecified atom stereocenters. The third kappa shape index (κ3) is 5.41. The lowest BCUT2D eigenvalue weighted by Crippen LogP contribution is -2.52. The lowest BCUT2D eigenvalue weighted by molar-refractivity contribution is -0.122. The fourth-order valence-electron chi connectivity index (χ4n) is 2.28. The number of nitrogens with one attached hydrogen (secondary N) is 1. The van der Waals surface area contributed by atoms with Gasteiger partial charge in [-0.1, -0.05) is 19.4 Å². The molecular formula is C14H24N4O. The third-order valence-corrected chi connectivity index (χ3v) is 3.37. The minimum absolute atomic E-state index is 0.0294. The molecule has 0 aromatic heterocycles. The summed E-state index contributed by atoms with van der Waals surface area (Å²) in [6.07, 6.45) is 3.64. The Hall–Kier alpha value is -1.38. The van der Waals surface area contributed by atoms with E-state index in [1.165, 1.54) is 0 Å². The molecule has 1 atom stereocenters. The fraction of sp³-hybridized carbons (Fsp3) is 0.714. The van der Waals surface area contributed by atoms with Crippen LogP contribution < -0.4 is 5.32 Å². The van der Waals surface area contributed by atoms with Crippen molar-refractivity contribution in [3.63, 3.8) is 0 Å². The Morgan fingerprint density at radius 3 is 2.68 bits per heavy atom. The fourth-order valence-corrected chi connectivity index (χ4v) is 2.28. The van der Waals surface area contributed by atoms with Gasteiger partial charge in [0.05, 0.1) is 18.7 Å². The molecule has 0 aromatic carbocycles. The van der Waals surface area contributed by atoms with Gasteiger partial charge in [-0.25, -0.2) is 0 Å². The number of carbonyl (C=O) groups excluding carboxylic acids is 1. The smallest absolute Gasteiger partial charge is 0.234 e.